The van der Waals surface area contributed by atoms with Crippen molar-refractivity contribution in [1.82, 2.24) is 10.6 Å². The number of aromatic hydroxyl groups is 1. The van der Waals surface area contributed by atoms with Gasteiger partial charge in [-0.3, -0.25) is 10.1 Å². The number of amides is 1. The molecule has 0 spiro atoms. The molecule has 1 amide bonds. The first-order chi connectivity index (χ1) is 11.6. The molecule has 0 bridgehead atoms. The zero-order chi connectivity index (χ0) is 20.1. The predicted octanol–water partition coefficient (Wildman–Crippen LogP) is 3.46. The Morgan fingerprint density at radius 2 is 1.42 bits per heavy atom. The van der Waals surface area contributed by atoms with Gasteiger partial charge in [0.15, 0.2) is 0 Å². The predicted molar refractivity (Wildman–Crippen MR) is 94.3 cm³/mol. The lowest BCUT2D eigenvalue weighted by atomic mass is 9.75. The zero-order valence-corrected chi connectivity index (χ0v) is 16.1. The second-order valence-electron chi connectivity index (χ2n) is 8.85. The molecular formula is C19H27F3N2O2. The SMILES string of the molecule is CC(C)(C)c1cc([C@@]2(C(F)(F)F)NCCNC2=O)cc(C(C)(C)C)c1O. The molecule has 1 aromatic carbocycles. The number of nitrogens with one attached hydrogen (secondary N) is 2. The van der Waals surface area contributed by atoms with Crippen LogP contribution in [0.25, 0.3) is 0 Å². The van der Waals surface area contributed by atoms with Gasteiger partial charge >= 0.3 is 6.18 Å². The van der Waals surface area contributed by atoms with Crippen LogP contribution in [-0.2, 0) is 21.2 Å². The third-order valence-electron chi connectivity index (χ3n) is 4.73. The smallest absolute Gasteiger partial charge is 0.419 e. The summed E-state index contributed by atoms with van der Waals surface area (Å²) in [5, 5.41) is 15.5. The lowest BCUT2D eigenvalue weighted by molar-refractivity contribution is -0.206. The van der Waals surface area contributed by atoms with E-state index < -0.39 is 28.5 Å². The molecule has 3 N–H and O–H groups in total. The van der Waals surface area contributed by atoms with Crippen molar-refractivity contribution >= 4 is 5.91 Å². The third kappa shape index (κ3) is 3.29. The summed E-state index contributed by atoms with van der Waals surface area (Å²) in [7, 11) is 0. The molecule has 1 atom stereocenters. The Kier molecular flexibility index (Phi) is 4.86. The summed E-state index contributed by atoms with van der Waals surface area (Å²) in [6.07, 6.45) is -4.83. The van der Waals surface area contributed by atoms with Crippen molar-refractivity contribution in [1.29, 1.82) is 0 Å². The molecule has 1 heterocycles. The van der Waals surface area contributed by atoms with Crippen molar-refractivity contribution < 1.29 is 23.1 Å². The van der Waals surface area contributed by atoms with Gasteiger partial charge in [-0.25, -0.2) is 0 Å². The number of alkyl halides is 3. The number of hydrogen-bond donors (Lipinski definition) is 3. The summed E-state index contributed by atoms with van der Waals surface area (Å²) in [5.74, 6) is -1.15. The van der Waals surface area contributed by atoms with Gasteiger partial charge in [0.2, 0.25) is 5.54 Å². The number of hydrogen-bond acceptors (Lipinski definition) is 3. The summed E-state index contributed by atoms with van der Waals surface area (Å²) < 4.78 is 42.3. The van der Waals surface area contributed by atoms with Crippen molar-refractivity contribution in [3.05, 3.63) is 28.8 Å². The minimum absolute atomic E-state index is 0.00181. The van der Waals surface area contributed by atoms with Gasteiger partial charge in [0.05, 0.1) is 0 Å². The Hall–Kier alpha value is -1.76. The first kappa shape index (κ1) is 20.6. The van der Waals surface area contributed by atoms with Gasteiger partial charge in [-0.2, -0.15) is 13.2 Å². The number of carbonyl (C=O) groups excluding carboxylic acids is 1. The molecule has 4 nitrogen and oxygen atoms in total. The van der Waals surface area contributed by atoms with Gasteiger partial charge in [-0.05, 0) is 39.7 Å². The average molecular weight is 372 g/mol. The molecule has 7 heteroatoms. The van der Waals surface area contributed by atoms with Crippen LogP contribution in [0.3, 0.4) is 0 Å². The summed E-state index contributed by atoms with van der Waals surface area (Å²) in [6.45, 7) is 11.0. The normalized spacial score (nSPS) is 22.3. The van der Waals surface area contributed by atoms with Crippen LogP contribution in [0.1, 0.15) is 58.2 Å². The van der Waals surface area contributed by atoms with E-state index in [9.17, 15) is 23.1 Å². The number of phenols is 1. The van der Waals surface area contributed by atoms with Crippen LogP contribution in [0.15, 0.2) is 12.1 Å². The molecule has 0 unspecified atom stereocenters. The second kappa shape index (κ2) is 6.15. The number of piperazine rings is 1. The molecule has 1 fully saturated rings. The van der Waals surface area contributed by atoms with E-state index in [1.54, 1.807) is 0 Å². The highest BCUT2D eigenvalue weighted by atomic mass is 19.4. The van der Waals surface area contributed by atoms with Crippen LogP contribution < -0.4 is 10.6 Å². The average Bonchev–Trinajstić information content (AvgIpc) is 2.44. The van der Waals surface area contributed by atoms with Crippen molar-refractivity contribution in [2.24, 2.45) is 0 Å². The fourth-order valence-corrected chi connectivity index (χ4v) is 3.26. The maximum atomic E-state index is 14.1. The number of rotatable bonds is 1. The van der Waals surface area contributed by atoms with Gasteiger partial charge in [0, 0.05) is 13.1 Å². The minimum Gasteiger partial charge on any atom is -0.507 e. The highest BCUT2D eigenvalue weighted by Crippen LogP contribution is 2.46. The second-order valence-corrected chi connectivity index (χ2v) is 8.85. The fraction of sp³-hybridized carbons (Fsp3) is 0.632. The fourth-order valence-electron chi connectivity index (χ4n) is 3.26. The van der Waals surface area contributed by atoms with E-state index >= 15 is 0 Å². The molecule has 1 saturated heterocycles. The van der Waals surface area contributed by atoms with Gasteiger partial charge in [-0.1, -0.05) is 41.5 Å². The number of phenolic OH excluding ortho intramolecular Hbond substituents is 1. The Morgan fingerprint density at radius 1 is 0.962 bits per heavy atom. The topological polar surface area (TPSA) is 61.4 Å². The van der Waals surface area contributed by atoms with Crippen molar-refractivity contribution in [2.45, 2.75) is 64.1 Å². The molecule has 0 radical (unpaired) electrons. The number of benzene rings is 1. The molecule has 0 saturated carbocycles. The summed E-state index contributed by atoms with van der Waals surface area (Å²) >= 11 is 0. The lowest BCUT2D eigenvalue weighted by Crippen LogP contribution is -2.67. The van der Waals surface area contributed by atoms with E-state index in [0.29, 0.717) is 11.1 Å². The van der Waals surface area contributed by atoms with E-state index in [1.165, 1.54) is 12.1 Å². The quantitative estimate of drug-likeness (QED) is 0.707. The summed E-state index contributed by atoms with van der Waals surface area (Å²) in [4.78, 5) is 12.4. The van der Waals surface area contributed by atoms with E-state index in [2.05, 4.69) is 10.6 Å². The van der Waals surface area contributed by atoms with Crippen LogP contribution >= 0.6 is 0 Å². The lowest BCUT2D eigenvalue weighted by Gasteiger charge is -2.40. The number of halogens is 3. The van der Waals surface area contributed by atoms with Crippen LogP contribution in [0, 0.1) is 0 Å². The van der Waals surface area contributed by atoms with Crippen molar-refractivity contribution in [3.63, 3.8) is 0 Å². The van der Waals surface area contributed by atoms with E-state index in [4.69, 9.17) is 0 Å². The number of carbonyl (C=O) groups is 1. The monoisotopic (exact) mass is 372 g/mol. The Bertz CT molecular complexity index is 680. The molecule has 0 aromatic heterocycles. The Morgan fingerprint density at radius 3 is 1.77 bits per heavy atom. The van der Waals surface area contributed by atoms with Gasteiger partial charge in [0.1, 0.15) is 5.75 Å². The van der Waals surface area contributed by atoms with Crippen LogP contribution in [0.4, 0.5) is 13.2 Å². The van der Waals surface area contributed by atoms with Gasteiger partial charge in [-0.15, -0.1) is 0 Å². The molecule has 1 aromatic rings. The standard InChI is InChI=1S/C19H27F3N2O2/c1-16(2,3)12-9-11(10-13(14(12)25)17(4,5)6)18(19(20,21)22)15(26)23-7-8-24-18/h9-10,24-25H,7-8H2,1-6H3,(H,23,26)/t18-/m1/s1. The molecule has 1 aliphatic heterocycles. The van der Waals surface area contributed by atoms with Gasteiger partial charge < -0.3 is 10.4 Å². The zero-order valence-electron chi connectivity index (χ0n) is 16.1. The van der Waals surface area contributed by atoms with Gasteiger partial charge in [0.25, 0.3) is 5.91 Å². The van der Waals surface area contributed by atoms with Crippen molar-refractivity contribution in [3.8, 4) is 5.75 Å². The Labute approximate surface area is 152 Å². The highest BCUT2D eigenvalue weighted by Gasteiger charge is 2.62. The molecule has 26 heavy (non-hydrogen) atoms. The van der Waals surface area contributed by atoms with Crippen LogP contribution in [0.2, 0.25) is 0 Å². The molecule has 2 rings (SSSR count). The largest absolute Gasteiger partial charge is 0.507 e. The summed E-state index contributed by atoms with van der Waals surface area (Å²) in [5.41, 5.74) is -3.48. The molecule has 1 aliphatic rings. The minimum atomic E-state index is -4.83. The third-order valence-corrected chi connectivity index (χ3v) is 4.73. The van der Waals surface area contributed by atoms with E-state index in [1.807, 2.05) is 41.5 Å². The molecule has 0 aliphatic carbocycles. The highest BCUT2D eigenvalue weighted by molar-refractivity contribution is 5.90. The maximum Gasteiger partial charge on any atom is 0.419 e. The Balaban J connectivity index is 2.88. The van der Waals surface area contributed by atoms with Crippen LogP contribution in [-0.4, -0.2) is 30.3 Å². The van der Waals surface area contributed by atoms with E-state index in [0.717, 1.165) is 0 Å². The van der Waals surface area contributed by atoms with Crippen LogP contribution in [0.5, 0.6) is 5.75 Å². The maximum absolute atomic E-state index is 14.1. The molecular weight excluding hydrogens is 345 g/mol. The molecule has 146 valence electrons. The first-order valence-corrected chi connectivity index (χ1v) is 8.61. The van der Waals surface area contributed by atoms with E-state index in [-0.39, 0.29) is 24.4 Å². The summed E-state index contributed by atoms with van der Waals surface area (Å²) in [6, 6.07) is 2.60. The first-order valence-electron chi connectivity index (χ1n) is 8.61. The van der Waals surface area contributed by atoms with Crippen molar-refractivity contribution in [2.75, 3.05) is 13.1 Å².